The van der Waals surface area contributed by atoms with Gasteiger partial charge in [0.05, 0.1) is 24.5 Å². The summed E-state index contributed by atoms with van der Waals surface area (Å²) in [4.78, 5) is 14.1. The maximum Gasteiger partial charge on any atom is 0.238 e. The number of nitrogens with zero attached hydrogens (tertiary/aromatic N) is 1. The number of carbonyl (C=O) groups excluding carboxylic acids is 1. The van der Waals surface area contributed by atoms with E-state index < -0.39 is 5.82 Å². The van der Waals surface area contributed by atoms with Crippen LogP contribution in [0.25, 0.3) is 0 Å². The molecule has 0 unspecified atom stereocenters. The summed E-state index contributed by atoms with van der Waals surface area (Å²) < 4.78 is 18.2. The highest BCUT2D eigenvalue weighted by atomic mass is 19.1. The number of methoxy groups -OCH3 is 1. The van der Waals surface area contributed by atoms with Crippen molar-refractivity contribution in [2.75, 3.05) is 37.9 Å². The molecule has 3 N–H and O–H groups in total. The second kappa shape index (κ2) is 6.67. The smallest absolute Gasteiger partial charge is 0.238 e. The van der Waals surface area contributed by atoms with Gasteiger partial charge in [-0.15, -0.1) is 0 Å². The third-order valence-corrected chi connectivity index (χ3v) is 3.28. The molecule has 0 aliphatic heterocycles. The number of hydrogen-bond acceptors (Lipinski definition) is 4. The SMILES string of the molecule is COCCN(CC(=O)Nc1cc(F)ccc1N)C1CC1. The molecule has 5 nitrogen and oxygen atoms in total. The number of amides is 1. The average Bonchev–Trinajstić information content (AvgIpc) is 3.23. The first-order valence-electron chi connectivity index (χ1n) is 6.68. The van der Waals surface area contributed by atoms with E-state index in [1.54, 1.807) is 7.11 Å². The van der Waals surface area contributed by atoms with Crippen LogP contribution >= 0.6 is 0 Å². The number of nitrogens with two attached hydrogens (primary N) is 1. The third-order valence-electron chi connectivity index (χ3n) is 3.28. The van der Waals surface area contributed by atoms with Crippen LogP contribution in [0.2, 0.25) is 0 Å². The van der Waals surface area contributed by atoms with Crippen LogP contribution in [0.3, 0.4) is 0 Å². The Labute approximate surface area is 117 Å². The van der Waals surface area contributed by atoms with E-state index in [0.29, 0.717) is 30.6 Å². The summed E-state index contributed by atoms with van der Waals surface area (Å²) >= 11 is 0. The van der Waals surface area contributed by atoms with Crippen LogP contribution in [-0.2, 0) is 9.53 Å². The Balaban J connectivity index is 1.91. The van der Waals surface area contributed by atoms with Crippen molar-refractivity contribution in [2.24, 2.45) is 0 Å². The van der Waals surface area contributed by atoms with Crippen LogP contribution in [-0.4, -0.2) is 43.7 Å². The molecule has 6 heteroatoms. The quantitative estimate of drug-likeness (QED) is 0.742. The summed E-state index contributed by atoms with van der Waals surface area (Å²) in [6.07, 6.45) is 2.22. The summed E-state index contributed by atoms with van der Waals surface area (Å²) in [7, 11) is 1.64. The van der Waals surface area contributed by atoms with Gasteiger partial charge in [-0.1, -0.05) is 0 Å². The lowest BCUT2D eigenvalue weighted by atomic mass is 10.2. The van der Waals surface area contributed by atoms with Gasteiger partial charge in [0.25, 0.3) is 0 Å². The number of ether oxygens (including phenoxy) is 1. The molecular formula is C14H20FN3O2. The minimum Gasteiger partial charge on any atom is -0.397 e. The van der Waals surface area contributed by atoms with E-state index in [-0.39, 0.29) is 12.5 Å². The molecule has 1 amide bonds. The zero-order valence-electron chi connectivity index (χ0n) is 11.6. The van der Waals surface area contributed by atoms with Crippen molar-refractivity contribution >= 4 is 17.3 Å². The third kappa shape index (κ3) is 4.18. The molecule has 1 aliphatic carbocycles. The Morgan fingerprint density at radius 3 is 2.95 bits per heavy atom. The number of nitrogen functional groups attached to an aromatic ring is 1. The van der Waals surface area contributed by atoms with Gasteiger partial charge in [0.1, 0.15) is 5.82 Å². The van der Waals surface area contributed by atoms with E-state index in [9.17, 15) is 9.18 Å². The highest BCUT2D eigenvalue weighted by molar-refractivity contribution is 5.95. The minimum absolute atomic E-state index is 0.190. The molecule has 0 aromatic heterocycles. The van der Waals surface area contributed by atoms with Crippen LogP contribution in [0.15, 0.2) is 18.2 Å². The van der Waals surface area contributed by atoms with Crippen molar-refractivity contribution in [3.05, 3.63) is 24.0 Å². The fourth-order valence-corrected chi connectivity index (χ4v) is 2.05. The van der Waals surface area contributed by atoms with Gasteiger partial charge in [-0.25, -0.2) is 4.39 Å². The number of benzene rings is 1. The first-order chi connectivity index (χ1) is 9.60. The lowest BCUT2D eigenvalue weighted by Crippen LogP contribution is -2.37. The number of anilines is 2. The van der Waals surface area contributed by atoms with Gasteiger partial charge >= 0.3 is 0 Å². The predicted molar refractivity (Wildman–Crippen MR) is 75.9 cm³/mol. The maximum absolute atomic E-state index is 13.1. The van der Waals surface area contributed by atoms with Crippen LogP contribution in [0, 0.1) is 5.82 Å². The summed E-state index contributed by atoms with van der Waals surface area (Å²) in [5.41, 5.74) is 6.38. The average molecular weight is 281 g/mol. The van der Waals surface area contributed by atoms with Crippen LogP contribution in [0.5, 0.6) is 0 Å². The highest BCUT2D eigenvalue weighted by Gasteiger charge is 2.29. The molecule has 1 aromatic rings. The topological polar surface area (TPSA) is 67.6 Å². The molecule has 0 bridgehead atoms. The Hall–Kier alpha value is -1.66. The Morgan fingerprint density at radius 2 is 2.30 bits per heavy atom. The molecule has 1 fully saturated rings. The molecule has 0 heterocycles. The fourth-order valence-electron chi connectivity index (χ4n) is 2.05. The largest absolute Gasteiger partial charge is 0.397 e. The first kappa shape index (κ1) is 14.7. The molecule has 20 heavy (non-hydrogen) atoms. The molecule has 0 radical (unpaired) electrons. The summed E-state index contributed by atoms with van der Waals surface area (Å²) in [6.45, 7) is 1.57. The molecule has 110 valence electrons. The lowest BCUT2D eigenvalue weighted by Gasteiger charge is -2.21. The summed E-state index contributed by atoms with van der Waals surface area (Å²) in [6, 6.07) is 4.39. The number of nitrogens with one attached hydrogen (secondary N) is 1. The Bertz CT molecular complexity index is 477. The molecule has 1 aliphatic rings. The monoisotopic (exact) mass is 281 g/mol. The van der Waals surface area contributed by atoms with E-state index in [0.717, 1.165) is 12.8 Å². The normalized spacial score (nSPS) is 14.6. The van der Waals surface area contributed by atoms with Gasteiger partial charge < -0.3 is 15.8 Å². The predicted octanol–water partition coefficient (Wildman–Crippen LogP) is 1.46. The van der Waals surface area contributed by atoms with E-state index >= 15 is 0 Å². The minimum atomic E-state index is -0.423. The van der Waals surface area contributed by atoms with Gasteiger partial charge in [0, 0.05) is 19.7 Å². The van der Waals surface area contributed by atoms with E-state index in [1.165, 1.54) is 18.2 Å². The number of halogens is 1. The Kier molecular flexibility index (Phi) is 4.92. The molecule has 0 spiro atoms. The van der Waals surface area contributed by atoms with Crippen LogP contribution < -0.4 is 11.1 Å². The van der Waals surface area contributed by atoms with Crippen molar-refractivity contribution in [1.82, 2.24) is 4.90 Å². The van der Waals surface area contributed by atoms with E-state index in [4.69, 9.17) is 10.5 Å². The number of carbonyl (C=O) groups is 1. The van der Waals surface area contributed by atoms with Gasteiger partial charge in [0.15, 0.2) is 0 Å². The van der Waals surface area contributed by atoms with Crippen molar-refractivity contribution in [1.29, 1.82) is 0 Å². The zero-order valence-corrected chi connectivity index (χ0v) is 11.6. The van der Waals surface area contributed by atoms with E-state index in [2.05, 4.69) is 10.2 Å². The number of hydrogen-bond donors (Lipinski definition) is 2. The molecular weight excluding hydrogens is 261 g/mol. The van der Waals surface area contributed by atoms with Crippen molar-refractivity contribution in [3.8, 4) is 0 Å². The zero-order chi connectivity index (χ0) is 14.5. The number of rotatable bonds is 7. The maximum atomic E-state index is 13.1. The van der Waals surface area contributed by atoms with Crippen molar-refractivity contribution in [2.45, 2.75) is 18.9 Å². The fraction of sp³-hybridized carbons (Fsp3) is 0.500. The summed E-state index contributed by atoms with van der Waals surface area (Å²) in [5, 5.41) is 2.65. The molecule has 2 rings (SSSR count). The molecule has 1 aromatic carbocycles. The second-order valence-corrected chi connectivity index (χ2v) is 4.97. The molecule has 0 saturated heterocycles. The molecule has 0 atom stereocenters. The van der Waals surface area contributed by atoms with Crippen LogP contribution in [0.4, 0.5) is 15.8 Å². The second-order valence-electron chi connectivity index (χ2n) is 4.97. The van der Waals surface area contributed by atoms with Crippen molar-refractivity contribution < 1.29 is 13.9 Å². The van der Waals surface area contributed by atoms with Crippen molar-refractivity contribution in [3.63, 3.8) is 0 Å². The van der Waals surface area contributed by atoms with Gasteiger partial charge in [0.2, 0.25) is 5.91 Å². The van der Waals surface area contributed by atoms with Gasteiger partial charge in [-0.05, 0) is 31.0 Å². The molecule has 1 saturated carbocycles. The summed E-state index contributed by atoms with van der Waals surface area (Å²) in [5.74, 6) is -0.613. The van der Waals surface area contributed by atoms with Gasteiger partial charge in [-0.2, -0.15) is 0 Å². The van der Waals surface area contributed by atoms with E-state index in [1.807, 2.05) is 0 Å². The van der Waals surface area contributed by atoms with Gasteiger partial charge in [-0.3, -0.25) is 9.69 Å². The first-order valence-corrected chi connectivity index (χ1v) is 6.68. The standard InChI is InChI=1S/C14H20FN3O2/c1-20-7-6-18(11-3-4-11)9-14(19)17-13-8-10(15)2-5-12(13)16/h2,5,8,11H,3-4,6-7,9,16H2,1H3,(H,17,19). The Morgan fingerprint density at radius 1 is 1.55 bits per heavy atom. The lowest BCUT2D eigenvalue weighted by molar-refractivity contribution is -0.117. The van der Waals surface area contributed by atoms with Crippen LogP contribution in [0.1, 0.15) is 12.8 Å². The highest BCUT2D eigenvalue weighted by Crippen LogP contribution is 2.26.